The molecule has 0 unspecified atom stereocenters. The Hall–Kier alpha value is -2.05. The van der Waals surface area contributed by atoms with E-state index in [9.17, 15) is 9.59 Å². The molecular formula is C19H30N4O3. The van der Waals surface area contributed by atoms with E-state index >= 15 is 0 Å². The first-order valence-electron chi connectivity index (χ1n) is 9.68. The molecule has 0 bridgehead atoms. The number of piperidine rings is 1. The van der Waals surface area contributed by atoms with Crippen molar-refractivity contribution in [1.29, 1.82) is 0 Å². The third kappa shape index (κ3) is 3.57. The van der Waals surface area contributed by atoms with Crippen LogP contribution in [0.3, 0.4) is 0 Å². The summed E-state index contributed by atoms with van der Waals surface area (Å²) in [5.74, 6) is 0.00674. The molecule has 0 aliphatic carbocycles. The highest BCUT2D eigenvalue weighted by molar-refractivity contribution is 5.93. The van der Waals surface area contributed by atoms with Gasteiger partial charge in [-0.05, 0) is 27.2 Å². The van der Waals surface area contributed by atoms with Crippen molar-refractivity contribution in [3.63, 3.8) is 0 Å². The predicted molar refractivity (Wildman–Crippen MR) is 98.0 cm³/mol. The number of hydrogen-bond acceptors (Lipinski definition) is 4. The van der Waals surface area contributed by atoms with Gasteiger partial charge in [-0.25, -0.2) is 4.79 Å². The fraction of sp³-hybridized carbons (Fsp3) is 0.737. The summed E-state index contributed by atoms with van der Waals surface area (Å²) in [4.78, 5) is 28.7. The number of amides is 2. The summed E-state index contributed by atoms with van der Waals surface area (Å²) in [6.07, 6.45) is 6.65. The fourth-order valence-corrected chi connectivity index (χ4v) is 3.85. The van der Waals surface area contributed by atoms with Gasteiger partial charge in [-0.1, -0.05) is 13.3 Å². The summed E-state index contributed by atoms with van der Waals surface area (Å²) in [6, 6.07) is 0.434. The van der Waals surface area contributed by atoms with Crippen LogP contribution >= 0.6 is 0 Å². The molecule has 7 heteroatoms. The van der Waals surface area contributed by atoms with E-state index in [0.29, 0.717) is 38.0 Å². The minimum Gasteiger partial charge on any atom is -0.441 e. The van der Waals surface area contributed by atoms with Crippen LogP contribution in [-0.4, -0.2) is 62.9 Å². The van der Waals surface area contributed by atoms with E-state index in [2.05, 4.69) is 18.9 Å². The average Bonchev–Trinajstić information content (AvgIpc) is 3.21. The molecule has 3 heterocycles. The lowest BCUT2D eigenvalue weighted by Crippen LogP contribution is -2.49. The van der Waals surface area contributed by atoms with Gasteiger partial charge in [0.2, 0.25) is 0 Å². The van der Waals surface area contributed by atoms with Crippen molar-refractivity contribution < 1.29 is 14.3 Å². The Balaban J connectivity index is 1.60. The van der Waals surface area contributed by atoms with Crippen LogP contribution in [0.25, 0.3) is 0 Å². The molecule has 0 saturated carbocycles. The van der Waals surface area contributed by atoms with Gasteiger partial charge in [0.15, 0.2) is 0 Å². The lowest BCUT2D eigenvalue weighted by molar-refractivity contribution is 0.00306. The van der Waals surface area contributed by atoms with Gasteiger partial charge >= 0.3 is 6.09 Å². The van der Waals surface area contributed by atoms with Crippen LogP contribution < -0.4 is 0 Å². The molecule has 3 rings (SSSR count). The van der Waals surface area contributed by atoms with Gasteiger partial charge in [0.1, 0.15) is 5.60 Å². The second-order valence-electron chi connectivity index (χ2n) is 7.91. The zero-order valence-corrected chi connectivity index (χ0v) is 16.3. The first-order chi connectivity index (χ1) is 12.3. The summed E-state index contributed by atoms with van der Waals surface area (Å²) >= 11 is 0. The van der Waals surface area contributed by atoms with E-state index in [0.717, 1.165) is 12.8 Å². The molecule has 7 nitrogen and oxygen atoms in total. The van der Waals surface area contributed by atoms with Crippen molar-refractivity contribution in [2.75, 3.05) is 19.6 Å². The van der Waals surface area contributed by atoms with Gasteiger partial charge in [-0.2, -0.15) is 5.10 Å². The lowest BCUT2D eigenvalue weighted by Gasteiger charge is -2.37. The maximum atomic E-state index is 12.7. The molecule has 2 fully saturated rings. The van der Waals surface area contributed by atoms with E-state index in [1.54, 1.807) is 17.1 Å². The van der Waals surface area contributed by atoms with Crippen molar-refractivity contribution in [2.45, 2.75) is 71.1 Å². The molecule has 1 spiro atoms. The number of aromatic nitrogens is 2. The summed E-state index contributed by atoms with van der Waals surface area (Å²) in [5, 5.41) is 4.25. The summed E-state index contributed by atoms with van der Waals surface area (Å²) in [7, 11) is 0. The Kier molecular flexibility index (Phi) is 5.25. The molecule has 1 aromatic rings. The SMILES string of the molecule is CCC[C@H](C)N1CC2(CCN(C(=O)c3cnn(C(C)C)c3)CC2)OC1=O. The monoisotopic (exact) mass is 362 g/mol. The van der Waals surface area contributed by atoms with Crippen molar-refractivity contribution in [1.82, 2.24) is 19.6 Å². The van der Waals surface area contributed by atoms with E-state index in [4.69, 9.17) is 4.74 Å². The topological polar surface area (TPSA) is 67.7 Å². The molecule has 0 N–H and O–H groups in total. The minimum absolute atomic E-state index is 0.00674. The Labute approximate surface area is 155 Å². The van der Waals surface area contributed by atoms with E-state index in [1.807, 2.05) is 23.6 Å². The third-order valence-corrected chi connectivity index (χ3v) is 5.57. The second-order valence-corrected chi connectivity index (χ2v) is 7.91. The van der Waals surface area contributed by atoms with Crippen LogP contribution in [0.5, 0.6) is 0 Å². The van der Waals surface area contributed by atoms with Crippen molar-refractivity contribution in [3.05, 3.63) is 18.0 Å². The maximum Gasteiger partial charge on any atom is 0.410 e. The minimum atomic E-state index is -0.433. The highest BCUT2D eigenvalue weighted by atomic mass is 16.6. The van der Waals surface area contributed by atoms with Gasteiger partial charge < -0.3 is 14.5 Å². The Morgan fingerprint density at radius 3 is 2.58 bits per heavy atom. The van der Waals surface area contributed by atoms with Gasteiger partial charge in [0.05, 0.1) is 18.3 Å². The van der Waals surface area contributed by atoms with Crippen LogP contribution in [0, 0.1) is 0 Å². The molecule has 0 radical (unpaired) electrons. The van der Waals surface area contributed by atoms with Crippen molar-refractivity contribution in [2.24, 2.45) is 0 Å². The van der Waals surface area contributed by atoms with Gasteiger partial charge in [0.25, 0.3) is 5.91 Å². The molecular weight excluding hydrogens is 332 g/mol. The Morgan fingerprint density at radius 1 is 1.31 bits per heavy atom. The smallest absolute Gasteiger partial charge is 0.410 e. The maximum absolute atomic E-state index is 12.7. The lowest BCUT2D eigenvalue weighted by atomic mass is 9.90. The molecule has 144 valence electrons. The third-order valence-electron chi connectivity index (χ3n) is 5.57. The summed E-state index contributed by atoms with van der Waals surface area (Å²) < 4.78 is 7.57. The van der Waals surface area contributed by atoms with Gasteiger partial charge in [-0.15, -0.1) is 0 Å². The fourth-order valence-electron chi connectivity index (χ4n) is 3.85. The van der Waals surface area contributed by atoms with Crippen molar-refractivity contribution >= 4 is 12.0 Å². The molecule has 2 aliphatic heterocycles. The number of rotatable bonds is 5. The number of likely N-dealkylation sites (tertiary alicyclic amines) is 1. The Morgan fingerprint density at radius 2 is 2.00 bits per heavy atom. The highest BCUT2D eigenvalue weighted by Crippen LogP contribution is 2.35. The quantitative estimate of drug-likeness (QED) is 0.807. The van der Waals surface area contributed by atoms with E-state index in [-0.39, 0.29) is 24.1 Å². The molecule has 2 saturated heterocycles. The number of carbonyl (C=O) groups is 2. The van der Waals surface area contributed by atoms with Crippen LogP contribution in [0.4, 0.5) is 4.79 Å². The zero-order chi connectivity index (χ0) is 18.9. The van der Waals surface area contributed by atoms with Gasteiger partial charge in [-0.3, -0.25) is 9.48 Å². The van der Waals surface area contributed by atoms with E-state index < -0.39 is 5.60 Å². The number of ether oxygens (including phenoxy) is 1. The summed E-state index contributed by atoms with van der Waals surface area (Å²) in [6.45, 7) is 10.1. The first kappa shape index (κ1) is 18.7. The van der Waals surface area contributed by atoms with Crippen LogP contribution in [0.15, 0.2) is 12.4 Å². The second kappa shape index (κ2) is 7.29. The number of carbonyl (C=O) groups excluding carboxylic acids is 2. The normalized spacial score (nSPS) is 20.7. The molecule has 1 atom stereocenters. The highest BCUT2D eigenvalue weighted by Gasteiger charge is 2.48. The number of nitrogens with zero attached hydrogens (tertiary/aromatic N) is 4. The summed E-state index contributed by atoms with van der Waals surface area (Å²) in [5.41, 5.74) is 0.189. The Bertz CT molecular complexity index is 661. The van der Waals surface area contributed by atoms with Crippen LogP contribution in [-0.2, 0) is 4.74 Å². The van der Waals surface area contributed by atoms with E-state index in [1.165, 1.54) is 0 Å². The molecule has 2 aliphatic rings. The largest absolute Gasteiger partial charge is 0.441 e. The first-order valence-corrected chi connectivity index (χ1v) is 9.68. The van der Waals surface area contributed by atoms with Gasteiger partial charge in [0, 0.05) is 44.2 Å². The molecule has 26 heavy (non-hydrogen) atoms. The number of hydrogen-bond donors (Lipinski definition) is 0. The van der Waals surface area contributed by atoms with Crippen molar-refractivity contribution in [3.8, 4) is 0 Å². The zero-order valence-electron chi connectivity index (χ0n) is 16.3. The van der Waals surface area contributed by atoms with Crippen LogP contribution in [0.1, 0.15) is 69.8 Å². The standard InChI is InChI=1S/C19H30N4O3/c1-5-6-15(4)22-13-19(26-18(22)25)7-9-21(10-8-19)17(24)16-11-20-23(12-16)14(2)3/h11-12,14-15H,5-10,13H2,1-4H3/t15-/m0/s1. The molecule has 0 aromatic carbocycles. The molecule has 2 amide bonds. The van der Waals surface area contributed by atoms with Crippen LogP contribution in [0.2, 0.25) is 0 Å². The average molecular weight is 362 g/mol. The predicted octanol–water partition coefficient (Wildman–Crippen LogP) is 3.08. The molecule has 1 aromatic heterocycles.